The third-order valence-electron chi connectivity index (χ3n) is 4.22. The molecule has 3 aromatic rings. The highest BCUT2D eigenvalue weighted by Gasteiger charge is 2.13. The van der Waals surface area contributed by atoms with Gasteiger partial charge in [-0.25, -0.2) is 0 Å². The molecule has 3 heterocycles. The number of hydrogen-bond acceptors (Lipinski definition) is 5. The van der Waals surface area contributed by atoms with E-state index in [1.54, 1.807) is 12.4 Å². The van der Waals surface area contributed by atoms with Crippen molar-refractivity contribution in [2.24, 2.45) is 0 Å². The monoisotopic (exact) mass is 384 g/mol. The number of benzene rings is 1. The van der Waals surface area contributed by atoms with Gasteiger partial charge in [0.1, 0.15) is 0 Å². The number of hydrogen-bond donors (Lipinski definition) is 0. The Kier molecular flexibility index (Phi) is 4.30. The van der Waals surface area contributed by atoms with Crippen LogP contribution in [0.4, 0.5) is 5.69 Å². The molecule has 0 atom stereocenters. The summed E-state index contributed by atoms with van der Waals surface area (Å²) in [6.07, 6.45) is 7.32. The van der Waals surface area contributed by atoms with Gasteiger partial charge in [-0.2, -0.15) is 4.98 Å². The van der Waals surface area contributed by atoms with E-state index in [2.05, 4.69) is 60.2 Å². The number of nitrogens with zero attached hydrogens (tertiary/aromatic N) is 4. The standard InChI is InChI=1S/C18H17BrN4O/c19-15-10-14(11-20-12-15)18-21-17(22-24-18)13-4-6-16(7-5-13)23-8-2-1-3-9-23/h4-7,10-12H,1-3,8-9H2. The second kappa shape index (κ2) is 6.73. The third-order valence-corrected chi connectivity index (χ3v) is 4.66. The number of rotatable bonds is 3. The minimum atomic E-state index is 0.471. The maximum Gasteiger partial charge on any atom is 0.259 e. The summed E-state index contributed by atoms with van der Waals surface area (Å²) in [6.45, 7) is 2.28. The van der Waals surface area contributed by atoms with Crippen LogP contribution in [-0.4, -0.2) is 28.2 Å². The van der Waals surface area contributed by atoms with Gasteiger partial charge in [-0.1, -0.05) is 5.16 Å². The molecule has 0 radical (unpaired) electrons. The summed E-state index contributed by atoms with van der Waals surface area (Å²) in [7, 11) is 0. The summed E-state index contributed by atoms with van der Waals surface area (Å²) in [4.78, 5) is 11.0. The zero-order valence-electron chi connectivity index (χ0n) is 13.2. The van der Waals surface area contributed by atoms with Crippen molar-refractivity contribution in [3.63, 3.8) is 0 Å². The van der Waals surface area contributed by atoms with Gasteiger partial charge in [0.05, 0.1) is 5.56 Å². The normalized spacial score (nSPS) is 14.8. The van der Waals surface area contributed by atoms with Crippen molar-refractivity contribution in [3.05, 3.63) is 47.2 Å². The Balaban J connectivity index is 1.56. The Hall–Kier alpha value is -2.21. The van der Waals surface area contributed by atoms with Crippen LogP contribution in [0, 0.1) is 0 Å². The maximum atomic E-state index is 5.37. The van der Waals surface area contributed by atoms with Crippen LogP contribution in [-0.2, 0) is 0 Å². The smallest absolute Gasteiger partial charge is 0.259 e. The van der Waals surface area contributed by atoms with Crippen molar-refractivity contribution in [2.75, 3.05) is 18.0 Å². The summed E-state index contributed by atoms with van der Waals surface area (Å²) in [5.74, 6) is 1.06. The van der Waals surface area contributed by atoms with E-state index in [0.717, 1.165) is 28.7 Å². The van der Waals surface area contributed by atoms with Gasteiger partial charge in [0, 0.05) is 41.2 Å². The fourth-order valence-corrected chi connectivity index (χ4v) is 3.33. The van der Waals surface area contributed by atoms with Crippen molar-refractivity contribution in [1.82, 2.24) is 15.1 Å². The molecule has 1 aliphatic rings. The van der Waals surface area contributed by atoms with Crippen molar-refractivity contribution in [1.29, 1.82) is 0 Å². The highest BCUT2D eigenvalue weighted by atomic mass is 79.9. The zero-order chi connectivity index (χ0) is 16.4. The zero-order valence-corrected chi connectivity index (χ0v) is 14.7. The van der Waals surface area contributed by atoms with Gasteiger partial charge in [0.2, 0.25) is 5.82 Å². The Labute approximate surface area is 148 Å². The predicted octanol–water partition coefficient (Wildman–Crippen LogP) is 4.55. The minimum Gasteiger partial charge on any atom is -0.372 e. The van der Waals surface area contributed by atoms with Crippen LogP contribution in [0.2, 0.25) is 0 Å². The second-order valence-electron chi connectivity index (χ2n) is 5.91. The summed E-state index contributed by atoms with van der Waals surface area (Å²) < 4.78 is 6.25. The number of piperidine rings is 1. The first kappa shape index (κ1) is 15.3. The topological polar surface area (TPSA) is 55.1 Å². The molecule has 24 heavy (non-hydrogen) atoms. The van der Waals surface area contributed by atoms with Gasteiger partial charge in [0.15, 0.2) is 0 Å². The fraction of sp³-hybridized carbons (Fsp3) is 0.278. The van der Waals surface area contributed by atoms with Crippen LogP contribution in [0.5, 0.6) is 0 Å². The summed E-state index contributed by atoms with van der Waals surface area (Å²) in [5.41, 5.74) is 3.01. The molecule has 1 aliphatic heterocycles. The number of anilines is 1. The van der Waals surface area contributed by atoms with Crippen LogP contribution >= 0.6 is 15.9 Å². The van der Waals surface area contributed by atoms with Crippen LogP contribution in [0.15, 0.2) is 51.7 Å². The lowest BCUT2D eigenvalue weighted by Gasteiger charge is -2.28. The predicted molar refractivity (Wildman–Crippen MR) is 96.7 cm³/mol. The SMILES string of the molecule is Brc1cncc(-c2nc(-c3ccc(N4CCCCC4)cc3)no2)c1. The fourth-order valence-electron chi connectivity index (χ4n) is 2.96. The molecule has 0 unspecified atom stereocenters. The van der Waals surface area contributed by atoms with Crippen LogP contribution < -0.4 is 4.90 Å². The van der Waals surface area contributed by atoms with Crippen molar-refractivity contribution in [3.8, 4) is 22.8 Å². The van der Waals surface area contributed by atoms with Gasteiger partial charge < -0.3 is 9.42 Å². The van der Waals surface area contributed by atoms with Gasteiger partial charge in [-0.3, -0.25) is 4.98 Å². The summed E-state index contributed by atoms with van der Waals surface area (Å²) in [5, 5.41) is 4.09. The van der Waals surface area contributed by atoms with Gasteiger partial charge in [0.25, 0.3) is 5.89 Å². The maximum absolute atomic E-state index is 5.37. The van der Waals surface area contributed by atoms with E-state index >= 15 is 0 Å². The van der Waals surface area contributed by atoms with E-state index < -0.39 is 0 Å². The van der Waals surface area contributed by atoms with Crippen molar-refractivity contribution >= 4 is 21.6 Å². The lowest BCUT2D eigenvalue weighted by molar-refractivity contribution is 0.432. The van der Waals surface area contributed by atoms with E-state index in [0.29, 0.717) is 11.7 Å². The molecule has 0 spiro atoms. The largest absolute Gasteiger partial charge is 0.372 e. The molecule has 0 aliphatic carbocycles. The molecular formula is C18H17BrN4O. The molecule has 1 aromatic carbocycles. The third kappa shape index (κ3) is 3.19. The molecule has 6 heteroatoms. The van der Waals surface area contributed by atoms with Crippen molar-refractivity contribution in [2.45, 2.75) is 19.3 Å². The van der Waals surface area contributed by atoms with Gasteiger partial charge >= 0.3 is 0 Å². The summed E-state index contributed by atoms with van der Waals surface area (Å²) in [6, 6.07) is 10.3. The Morgan fingerprint density at radius 1 is 0.958 bits per heavy atom. The lowest BCUT2D eigenvalue weighted by atomic mass is 10.1. The molecule has 4 rings (SSSR count). The molecule has 0 amide bonds. The number of pyridine rings is 1. The van der Waals surface area contributed by atoms with E-state index in [-0.39, 0.29) is 0 Å². The number of halogens is 1. The molecule has 2 aromatic heterocycles. The average Bonchev–Trinajstić information content (AvgIpc) is 3.13. The summed E-state index contributed by atoms with van der Waals surface area (Å²) >= 11 is 3.40. The van der Waals surface area contributed by atoms with E-state index in [9.17, 15) is 0 Å². The van der Waals surface area contributed by atoms with E-state index in [1.165, 1.54) is 24.9 Å². The highest BCUT2D eigenvalue weighted by Crippen LogP contribution is 2.26. The lowest BCUT2D eigenvalue weighted by Crippen LogP contribution is -2.29. The van der Waals surface area contributed by atoms with E-state index in [1.807, 2.05) is 6.07 Å². The second-order valence-corrected chi connectivity index (χ2v) is 6.83. The molecule has 5 nitrogen and oxygen atoms in total. The molecule has 122 valence electrons. The molecule has 0 N–H and O–H groups in total. The van der Waals surface area contributed by atoms with Crippen molar-refractivity contribution < 1.29 is 4.52 Å². The molecule has 1 saturated heterocycles. The van der Waals surface area contributed by atoms with E-state index in [4.69, 9.17) is 4.52 Å². The molecular weight excluding hydrogens is 368 g/mol. The molecule has 0 saturated carbocycles. The Morgan fingerprint density at radius 3 is 2.50 bits per heavy atom. The first-order valence-corrected chi connectivity index (χ1v) is 8.89. The van der Waals surface area contributed by atoms with Gasteiger partial charge in [-0.05, 0) is 65.5 Å². The molecule has 1 fully saturated rings. The van der Waals surface area contributed by atoms with Crippen LogP contribution in [0.25, 0.3) is 22.8 Å². The quantitative estimate of drug-likeness (QED) is 0.662. The first-order valence-electron chi connectivity index (χ1n) is 8.10. The first-order chi connectivity index (χ1) is 11.8. The Morgan fingerprint density at radius 2 is 1.75 bits per heavy atom. The Bertz CT molecular complexity index is 825. The average molecular weight is 385 g/mol. The number of aromatic nitrogens is 3. The molecule has 0 bridgehead atoms. The van der Waals surface area contributed by atoms with Crippen LogP contribution in [0.3, 0.4) is 0 Å². The highest BCUT2D eigenvalue weighted by molar-refractivity contribution is 9.10. The minimum absolute atomic E-state index is 0.471. The van der Waals surface area contributed by atoms with Crippen LogP contribution in [0.1, 0.15) is 19.3 Å². The van der Waals surface area contributed by atoms with Gasteiger partial charge in [-0.15, -0.1) is 0 Å².